The number of anilines is 1. The molecular weight excluding hydrogens is 547 g/mol. The molecule has 1 amide bonds. The highest BCUT2D eigenvalue weighted by atomic mass is 32.2. The number of rotatable bonds is 7. The molecule has 1 aliphatic carbocycles. The van der Waals surface area contributed by atoms with E-state index in [-0.39, 0.29) is 29.8 Å². The van der Waals surface area contributed by atoms with Crippen molar-refractivity contribution in [1.82, 2.24) is 28.5 Å². The maximum absolute atomic E-state index is 13.7. The molecular formula is C24H27FN8O4S2. The topological polar surface area (TPSA) is 159 Å². The van der Waals surface area contributed by atoms with E-state index in [1.165, 1.54) is 38.8 Å². The molecule has 12 nitrogen and oxygen atoms in total. The molecule has 0 bridgehead atoms. The molecule has 3 N–H and O–H groups in total. The minimum atomic E-state index is -3.98. The standard InChI is InChI=1S/C24H27FN8O4S2/c1-4-33(39(36,37)21-13-31(2)14-28-21)12-20-24(30-23(26)32(3)38(20)35)10-15-5-7-17(9-18(15)24)29-22(34)19-8-6-16(25)11-27-19/h5-9,11,13-14,20H,4,10,12H2,1-3H3,(H2,26,30)(H,29,34)/t20?,24-,38?/m1/s1. The summed E-state index contributed by atoms with van der Waals surface area (Å²) in [5.74, 6) is -1.16. The molecule has 3 heterocycles. The number of sulfonamides is 1. The van der Waals surface area contributed by atoms with Crippen LogP contribution in [0.15, 0.2) is 54.1 Å². The summed E-state index contributed by atoms with van der Waals surface area (Å²) in [6.45, 7) is 1.73. The number of hydrogen-bond donors (Lipinski definition) is 3. The number of aryl methyl sites for hydroxylation is 1. The number of fused-ring (bicyclic) bond motifs is 2. The molecule has 1 spiro atoms. The van der Waals surface area contributed by atoms with Crippen LogP contribution >= 0.6 is 0 Å². The Kier molecular flexibility index (Phi) is 6.86. The molecule has 206 valence electrons. The second-order valence-corrected chi connectivity index (χ2v) is 13.0. The first-order valence-electron chi connectivity index (χ1n) is 12.0. The average Bonchev–Trinajstić information content (AvgIpc) is 3.34. The molecule has 2 aromatic heterocycles. The number of amides is 1. The van der Waals surface area contributed by atoms with E-state index in [4.69, 9.17) is 5.41 Å². The number of benzene rings is 1. The van der Waals surface area contributed by atoms with E-state index in [1.807, 2.05) is 6.07 Å². The molecule has 3 atom stereocenters. The zero-order chi connectivity index (χ0) is 28.1. The third-order valence-corrected chi connectivity index (χ3v) is 10.6. The van der Waals surface area contributed by atoms with Gasteiger partial charge in [-0.1, -0.05) is 13.0 Å². The Morgan fingerprint density at radius 3 is 2.74 bits per heavy atom. The van der Waals surface area contributed by atoms with E-state index in [1.54, 1.807) is 26.1 Å². The zero-order valence-corrected chi connectivity index (χ0v) is 23.0. The molecule has 0 radical (unpaired) electrons. The van der Waals surface area contributed by atoms with E-state index in [0.29, 0.717) is 17.7 Å². The van der Waals surface area contributed by atoms with E-state index < -0.39 is 43.9 Å². The van der Waals surface area contributed by atoms with Crippen molar-refractivity contribution in [3.05, 3.63) is 71.7 Å². The molecule has 5 rings (SSSR count). The van der Waals surface area contributed by atoms with Gasteiger partial charge < -0.3 is 19.8 Å². The van der Waals surface area contributed by atoms with Gasteiger partial charge in [-0.25, -0.2) is 22.8 Å². The Labute approximate surface area is 228 Å². The summed E-state index contributed by atoms with van der Waals surface area (Å²) in [6, 6.07) is 7.66. The molecule has 39 heavy (non-hydrogen) atoms. The van der Waals surface area contributed by atoms with Crippen LogP contribution in [0.25, 0.3) is 0 Å². The predicted octanol–water partition coefficient (Wildman–Crippen LogP) is 1.17. The SMILES string of the molecule is CCN(CC1[S+]([O-])N(C)C(=N)N[C@@]12Cc1ccc(NC(=O)c3ccc(F)cn3)cc12)S(=O)(=O)c1cn(C)cn1. The van der Waals surface area contributed by atoms with Gasteiger partial charge in [-0.15, -0.1) is 0 Å². The minimum Gasteiger partial charge on any atom is -0.593 e. The van der Waals surface area contributed by atoms with Crippen LogP contribution in [0.2, 0.25) is 0 Å². The number of nitrogens with one attached hydrogen (secondary N) is 3. The average molecular weight is 575 g/mol. The zero-order valence-electron chi connectivity index (χ0n) is 21.4. The van der Waals surface area contributed by atoms with Gasteiger partial charge in [0, 0.05) is 31.9 Å². The van der Waals surface area contributed by atoms with Gasteiger partial charge in [0.15, 0.2) is 10.3 Å². The van der Waals surface area contributed by atoms with E-state index in [0.717, 1.165) is 17.8 Å². The van der Waals surface area contributed by atoms with Gasteiger partial charge in [-0.05, 0) is 35.4 Å². The van der Waals surface area contributed by atoms with Crippen molar-refractivity contribution in [2.75, 3.05) is 25.5 Å². The van der Waals surface area contributed by atoms with Gasteiger partial charge in [-0.2, -0.15) is 8.61 Å². The van der Waals surface area contributed by atoms with Gasteiger partial charge in [0.25, 0.3) is 15.9 Å². The highest BCUT2D eigenvalue weighted by Crippen LogP contribution is 2.48. The van der Waals surface area contributed by atoms with Crippen molar-refractivity contribution in [2.24, 2.45) is 7.05 Å². The van der Waals surface area contributed by atoms with Crippen LogP contribution in [0.3, 0.4) is 0 Å². The molecule has 1 saturated heterocycles. The summed E-state index contributed by atoms with van der Waals surface area (Å²) >= 11 is -1.75. The van der Waals surface area contributed by atoms with Crippen LogP contribution in [0.1, 0.15) is 28.5 Å². The van der Waals surface area contributed by atoms with Crippen LogP contribution in [-0.4, -0.2) is 73.4 Å². The Morgan fingerprint density at radius 2 is 2.10 bits per heavy atom. The lowest BCUT2D eigenvalue weighted by molar-refractivity contribution is 0.102. The molecule has 2 unspecified atom stereocenters. The summed E-state index contributed by atoms with van der Waals surface area (Å²) in [5, 5.41) is 13.4. The van der Waals surface area contributed by atoms with Crippen molar-refractivity contribution in [3.8, 4) is 0 Å². The summed E-state index contributed by atoms with van der Waals surface area (Å²) in [4.78, 5) is 20.5. The van der Waals surface area contributed by atoms with E-state index >= 15 is 0 Å². The van der Waals surface area contributed by atoms with Crippen molar-refractivity contribution >= 4 is 38.9 Å². The minimum absolute atomic E-state index is 0.0327. The Hall–Kier alpha value is -3.53. The third-order valence-electron chi connectivity index (χ3n) is 7.00. The number of imidazole rings is 1. The first-order chi connectivity index (χ1) is 18.5. The number of carbonyl (C=O) groups is 1. The van der Waals surface area contributed by atoms with Crippen molar-refractivity contribution in [1.29, 1.82) is 5.41 Å². The Bertz CT molecular complexity index is 1550. The normalized spacial score (nSPS) is 22.4. The second kappa shape index (κ2) is 9.89. The quantitative estimate of drug-likeness (QED) is 0.355. The highest BCUT2D eigenvalue weighted by Gasteiger charge is 2.60. The number of carbonyl (C=O) groups excluding carboxylic acids is 1. The van der Waals surface area contributed by atoms with Crippen LogP contribution in [0.5, 0.6) is 0 Å². The van der Waals surface area contributed by atoms with Gasteiger partial charge >= 0.3 is 0 Å². The van der Waals surface area contributed by atoms with E-state index in [9.17, 15) is 22.2 Å². The lowest BCUT2D eigenvalue weighted by Gasteiger charge is -2.54. The van der Waals surface area contributed by atoms with Gasteiger partial charge in [0.2, 0.25) is 5.96 Å². The van der Waals surface area contributed by atoms with Crippen LogP contribution < -0.4 is 10.6 Å². The number of pyridine rings is 1. The van der Waals surface area contributed by atoms with E-state index in [2.05, 4.69) is 20.6 Å². The fraction of sp³-hybridized carbons (Fsp3) is 0.333. The van der Waals surface area contributed by atoms with Crippen LogP contribution in [0.4, 0.5) is 10.1 Å². The van der Waals surface area contributed by atoms with Crippen LogP contribution in [0, 0.1) is 11.2 Å². The lowest BCUT2D eigenvalue weighted by atomic mass is 9.68. The van der Waals surface area contributed by atoms with Gasteiger partial charge in [0.1, 0.15) is 17.1 Å². The third kappa shape index (κ3) is 4.64. The number of nitrogens with zero attached hydrogens (tertiary/aromatic N) is 5. The molecule has 1 aromatic carbocycles. The molecule has 1 aliphatic heterocycles. The Balaban J connectivity index is 1.47. The molecule has 0 saturated carbocycles. The van der Waals surface area contributed by atoms with Gasteiger partial charge in [-0.3, -0.25) is 10.2 Å². The summed E-state index contributed by atoms with van der Waals surface area (Å²) in [5.41, 5.74) is 1.07. The first kappa shape index (κ1) is 27.1. The predicted molar refractivity (Wildman–Crippen MR) is 142 cm³/mol. The summed E-state index contributed by atoms with van der Waals surface area (Å²) in [7, 11) is -0.790. The number of hydrogen-bond acceptors (Lipinski definition) is 7. The highest BCUT2D eigenvalue weighted by molar-refractivity contribution is 7.90. The second-order valence-electron chi connectivity index (χ2n) is 9.40. The lowest BCUT2D eigenvalue weighted by Crippen LogP contribution is -2.73. The van der Waals surface area contributed by atoms with Crippen molar-refractivity contribution in [2.45, 2.75) is 29.2 Å². The largest absolute Gasteiger partial charge is 0.593 e. The summed E-state index contributed by atoms with van der Waals surface area (Å²) in [6.07, 6.45) is 4.17. The molecule has 2 aliphatic rings. The van der Waals surface area contributed by atoms with Crippen LogP contribution in [-0.2, 0) is 40.4 Å². The maximum Gasteiger partial charge on any atom is 0.274 e. The van der Waals surface area contributed by atoms with Crippen molar-refractivity contribution < 1.29 is 22.2 Å². The number of aromatic nitrogens is 3. The molecule has 15 heteroatoms. The number of guanidine groups is 1. The maximum atomic E-state index is 13.7. The smallest absolute Gasteiger partial charge is 0.274 e. The van der Waals surface area contributed by atoms with Gasteiger partial charge in [0.05, 0.1) is 37.5 Å². The first-order valence-corrected chi connectivity index (χ1v) is 14.6. The molecule has 3 aromatic rings. The van der Waals surface area contributed by atoms with Crippen molar-refractivity contribution in [3.63, 3.8) is 0 Å². The number of halogens is 1. The summed E-state index contributed by atoms with van der Waals surface area (Å²) < 4.78 is 57.7. The monoisotopic (exact) mass is 574 g/mol. The molecule has 1 fully saturated rings. The fourth-order valence-electron chi connectivity index (χ4n) is 4.90. The Morgan fingerprint density at radius 1 is 1.33 bits per heavy atom. The fourth-order valence-corrected chi connectivity index (χ4v) is 7.95.